The molecule has 0 radical (unpaired) electrons. The Balaban J connectivity index is 1.96. The van der Waals surface area contributed by atoms with Gasteiger partial charge in [-0.05, 0) is 19.1 Å². The average Bonchev–Trinajstić information content (AvgIpc) is 2.93. The number of alkyl halides is 1. The molecule has 0 bridgehead atoms. The molecule has 0 aliphatic carbocycles. The van der Waals surface area contributed by atoms with Gasteiger partial charge in [-0.25, -0.2) is 0 Å². The van der Waals surface area contributed by atoms with Crippen molar-refractivity contribution in [2.75, 3.05) is 40.3 Å². The molecular weight excluding hydrogens is 420 g/mol. The summed E-state index contributed by atoms with van der Waals surface area (Å²) in [5, 5.41) is 0. The maximum Gasteiger partial charge on any atom is 0.231 e. The van der Waals surface area contributed by atoms with E-state index < -0.39 is 0 Å². The molecule has 7 heteroatoms. The Morgan fingerprint density at radius 3 is 2.50 bits per heavy atom. The topological polar surface area (TPSA) is 46.2 Å². The summed E-state index contributed by atoms with van der Waals surface area (Å²) in [5.41, 5.74) is 1.02. The third-order valence-corrected chi connectivity index (χ3v) is 4.34. The van der Waals surface area contributed by atoms with E-state index in [1.807, 2.05) is 19.1 Å². The Bertz CT molecular complexity index is 481. The van der Waals surface area contributed by atoms with Crippen LogP contribution in [0.15, 0.2) is 16.6 Å². The van der Waals surface area contributed by atoms with Gasteiger partial charge in [0.05, 0.1) is 32.5 Å². The highest BCUT2D eigenvalue weighted by atomic mass is 79.9. The van der Waals surface area contributed by atoms with Crippen molar-refractivity contribution in [2.24, 2.45) is 0 Å². The van der Waals surface area contributed by atoms with Crippen molar-refractivity contribution in [2.45, 2.75) is 17.9 Å². The predicted molar refractivity (Wildman–Crippen MR) is 90.0 cm³/mol. The molecule has 1 aliphatic rings. The molecule has 0 N–H and O–H groups in total. The lowest BCUT2D eigenvalue weighted by Gasteiger charge is -2.22. The SMILES string of the molecule is COCCOCCOC(c1cc2c(cc1Br)OCO2)C(C)Br. The van der Waals surface area contributed by atoms with Crippen LogP contribution in [-0.4, -0.2) is 45.2 Å². The summed E-state index contributed by atoms with van der Waals surface area (Å²) < 4.78 is 28.1. The smallest absolute Gasteiger partial charge is 0.231 e. The van der Waals surface area contributed by atoms with Gasteiger partial charge >= 0.3 is 0 Å². The first kappa shape index (κ1) is 18.0. The molecule has 22 heavy (non-hydrogen) atoms. The highest BCUT2D eigenvalue weighted by Crippen LogP contribution is 2.41. The Labute approximate surface area is 147 Å². The van der Waals surface area contributed by atoms with E-state index in [0.717, 1.165) is 21.5 Å². The van der Waals surface area contributed by atoms with Crippen LogP contribution < -0.4 is 9.47 Å². The van der Waals surface area contributed by atoms with Gasteiger partial charge in [0.15, 0.2) is 11.5 Å². The van der Waals surface area contributed by atoms with Crippen molar-refractivity contribution >= 4 is 31.9 Å². The minimum atomic E-state index is -0.116. The zero-order chi connectivity index (χ0) is 15.9. The van der Waals surface area contributed by atoms with Crippen LogP contribution in [0.2, 0.25) is 0 Å². The van der Waals surface area contributed by atoms with E-state index in [0.29, 0.717) is 26.4 Å². The molecule has 0 saturated carbocycles. The van der Waals surface area contributed by atoms with Gasteiger partial charge in [0.25, 0.3) is 0 Å². The van der Waals surface area contributed by atoms with E-state index in [9.17, 15) is 0 Å². The maximum absolute atomic E-state index is 5.97. The highest BCUT2D eigenvalue weighted by Gasteiger charge is 2.24. The second kappa shape index (κ2) is 9.08. The van der Waals surface area contributed by atoms with Gasteiger partial charge in [-0.1, -0.05) is 31.9 Å². The summed E-state index contributed by atoms with van der Waals surface area (Å²) >= 11 is 7.19. The van der Waals surface area contributed by atoms with Gasteiger partial charge in [0.2, 0.25) is 6.79 Å². The van der Waals surface area contributed by atoms with Gasteiger partial charge in [-0.15, -0.1) is 0 Å². The molecule has 5 nitrogen and oxygen atoms in total. The number of ether oxygens (including phenoxy) is 5. The molecule has 1 aromatic carbocycles. The van der Waals surface area contributed by atoms with Crippen LogP contribution in [0.25, 0.3) is 0 Å². The van der Waals surface area contributed by atoms with Crippen LogP contribution in [0.1, 0.15) is 18.6 Å². The van der Waals surface area contributed by atoms with Gasteiger partial charge in [-0.3, -0.25) is 0 Å². The minimum absolute atomic E-state index is 0.116. The first-order valence-electron chi connectivity index (χ1n) is 7.05. The van der Waals surface area contributed by atoms with E-state index in [2.05, 4.69) is 31.9 Å². The van der Waals surface area contributed by atoms with Gasteiger partial charge in [0.1, 0.15) is 0 Å². The van der Waals surface area contributed by atoms with Crippen LogP contribution >= 0.6 is 31.9 Å². The van der Waals surface area contributed by atoms with E-state index in [1.165, 1.54) is 0 Å². The fraction of sp³-hybridized carbons (Fsp3) is 0.600. The summed E-state index contributed by atoms with van der Waals surface area (Å²) in [6.07, 6.45) is -0.116. The van der Waals surface area contributed by atoms with Crippen molar-refractivity contribution in [1.82, 2.24) is 0 Å². The van der Waals surface area contributed by atoms with Crippen molar-refractivity contribution in [3.05, 3.63) is 22.2 Å². The number of fused-ring (bicyclic) bond motifs is 1. The number of hydrogen-bond acceptors (Lipinski definition) is 5. The van der Waals surface area contributed by atoms with Crippen LogP contribution in [0.5, 0.6) is 11.5 Å². The van der Waals surface area contributed by atoms with Crippen LogP contribution in [-0.2, 0) is 14.2 Å². The standard InChI is InChI=1S/C15H20Br2O5/c1-10(16)15(20-6-5-19-4-3-18-2)11-7-13-14(8-12(11)17)22-9-21-13/h7-8,10,15H,3-6,9H2,1-2H3. The normalized spacial score (nSPS) is 15.8. The zero-order valence-electron chi connectivity index (χ0n) is 12.6. The molecule has 0 aromatic heterocycles. The fourth-order valence-corrected chi connectivity index (χ4v) is 3.08. The maximum atomic E-state index is 5.97. The van der Waals surface area contributed by atoms with E-state index in [-0.39, 0.29) is 17.7 Å². The van der Waals surface area contributed by atoms with Crippen LogP contribution in [0.4, 0.5) is 0 Å². The summed E-state index contributed by atoms with van der Waals surface area (Å²) in [5.74, 6) is 1.50. The van der Waals surface area contributed by atoms with Crippen LogP contribution in [0.3, 0.4) is 0 Å². The second-order valence-electron chi connectivity index (χ2n) is 4.80. The molecule has 0 spiro atoms. The number of benzene rings is 1. The van der Waals surface area contributed by atoms with Gasteiger partial charge < -0.3 is 23.7 Å². The average molecular weight is 440 g/mol. The van der Waals surface area contributed by atoms with Crippen molar-refractivity contribution in [3.8, 4) is 11.5 Å². The Morgan fingerprint density at radius 2 is 1.82 bits per heavy atom. The second-order valence-corrected chi connectivity index (χ2v) is 7.10. The number of methoxy groups -OCH3 is 1. The molecule has 2 atom stereocenters. The molecule has 1 aromatic rings. The molecule has 0 amide bonds. The summed E-state index contributed by atoms with van der Waals surface area (Å²) in [7, 11) is 1.65. The first-order chi connectivity index (χ1) is 10.6. The fourth-order valence-electron chi connectivity index (χ4n) is 2.10. The Kier molecular flexibility index (Phi) is 7.43. The van der Waals surface area contributed by atoms with Gasteiger partial charge in [0, 0.05) is 22.0 Å². The van der Waals surface area contributed by atoms with Crippen molar-refractivity contribution < 1.29 is 23.7 Å². The predicted octanol–water partition coefficient (Wildman–Crippen LogP) is 3.68. The quantitative estimate of drug-likeness (QED) is 0.433. The number of hydrogen-bond donors (Lipinski definition) is 0. The minimum Gasteiger partial charge on any atom is -0.454 e. The summed E-state index contributed by atoms with van der Waals surface area (Å²) in [6.45, 7) is 4.50. The molecule has 2 rings (SSSR count). The Morgan fingerprint density at radius 1 is 1.14 bits per heavy atom. The number of rotatable bonds is 9. The molecular formula is C15H20Br2O5. The van der Waals surface area contributed by atoms with Gasteiger partial charge in [-0.2, -0.15) is 0 Å². The highest BCUT2D eigenvalue weighted by molar-refractivity contribution is 9.10. The summed E-state index contributed by atoms with van der Waals surface area (Å²) in [4.78, 5) is 0.142. The molecule has 2 unspecified atom stereocenters. The van der Waals surface area contributed by atoms with Crippen molar-refractivity contribution in [3.63, 3.8) is 0 Å². The molecule has 1 aliphatic heterocycles. The lowest BCUT2D eigenvalue weighted by atomic mass is 10.1. The molecule has 0 saturated heterocycles. The van der Waals surface area contributed by atoms with E-state index >= 15 is 0 Å². The monoisotopic (exact) mass is 438 g/mol. The number of halogens is 2. The summed E-state index contributed by atoms with van der Waals surface area (Å²) in [6, 6.07) is 3.87. The zero-order valence-corrected chi connectivity index (χ0v) is 15.8. The molecule has 1 heterocycles. The third kappa shape index (κ3) is 4.83. The lowest BCUT2D eigenvalue weighted by molar-refractivity contribution is -0.00622. The largest absolute Gasteiger partial charge is 0.454 e. The van der Waals surface area contributed by atoms with Crippen LogP contribution in [0, 0.1) is 0 Å². The Hall–Kier alpha value is -0.340. The first-order valence-corrected chi connectivity index (χ1v) is 8.75. The van der Waals surface area contributed by atoms with Crippen molar-refractivity contribution in [1.29, 1.82) is 0 Å². The van der Waals surface area contributed by atoms with E-state index in [1.54, 1.807) is 7.11 Å². The lowest BCUT2D eigenvalue weighted by Crippen LogP contribution is -2.17. The molecule has 124 valence electrons. The van der Waals surface area contributed by atoms with E-state index in [4.69, 9.17) is 23.7 Å². The third-order valence-electron chi connectivity index (χ3n) is 3.17. The molecule has 0 fully saturated rings.